The van der Waals surface area contributed by atoms with Crippen molar-refractivity contribution in [1.82, 2.24) is 5.32 Å². The van der Waals surface area contributed by atoms with E-state index in [0.29, 0.717) is 0 Å². The van der Waals surface area contributed by atoms with Gasteiger partial charge in [-0.05, 0) is 39.7 Å². The molecule has 2 rings (SSSR count). The average Bonchev–Trinajstić information content (AvgIpc) is 2.76. The molecule has 0 bridgehead atoms. The maximum Gasteiger partial charge on any atom is 0.0947 e. The summed E-state index contributed by atoms with van der Waals surface area (Å²) in [6.45, 7) is 1.59. The summed E-state index contributed by atoms with van der Waals surface area (Å²) >= 11 is 9.37. The molecule has 1 aromatic carbocycles. The number of hydrogen-bond acceptors (Lipinski definition) is 2. The number of halogens is 2. The van der Waals surface area contributed by atoms with Gasteiger partial charge in [-0.1, -0.05) is 17.7 Å². The lowest BCUT2D eigenvalue weighted by atomic mass is 10.2. The molecule has 0 aliphatic heterocycles. The van der Waals surface area contributed by atoms with Crippen LogP contribution in [0.5, 0.6) is 0 Å². The molecular weight excluding hydrogens is 289 g/mol. The fourth-order valence-corrected chi connectivity index (χ4v) is 1.84. The molecule has 0 amide bonds. The van der Waals surface area contributed by atoms with Gasteiger partial charge in [0.15, 0.2) is 0 Å². The quantitative estimate of drug-likeness (QED) is 0.924. The first kappa shape index (κ1) is 11.7. The summed E-state index contributed by atoms with van der Waals surface area (Å²) in [6, 6.07) is 7.89. The summed E-state index contributed by atoms with van der Waals surface area (Å²) < 4.78 is 5.91. The van der Waals surface area contributed by atoms with Gasteiger partial charge < -0.3 is 9.73 Å². The topological polar surface area (TPSA) is 25.2 Å². The van der Waals surface area contributed by atoms with E-state index in [1.54, 1.807) is 12.5 Å². The van der Waals surface area contributed by atoms with Crippen molar-refractivity contribution >= 4 is 27.5 Å². The third kappa shape index (κ3) is 3.11. The minimum atomic E-state index is 0.739. The van der Waals surface area contributed by atoms with Crippen molar-refractivity contribution in [2.24, 2.45) is 0 Å². The normalized spacial score (nSPS) is 10.6. The van der Waals surface area contributed by atoms with Crippen LogP contribution in [0.15, 0.2) is 45.7 Å². The average molecular weight is 301 g/mol. The summed E-state index contributed by atoms with van der Waals surface area (Å²) in [5.41, 5.74) is 2.31. The Balaban J connectivity index is 1.87. The van der Waals surface area contributed by atoms with Crippen LogP contribution < -0.4 is 5.32 Å². The summed E-state index contributed by atoms with van der Waals surface area (Å²) in [5, 5.41) is 4.06. The first-order chi connectivity index (χ1) is 7.75. The summed E-state index contributed by atoms with van der Waals surface area (Å²) in [5.74, 6) is 0. The van der Waals surface area contributed by atoms with E-state index in [-0.39, 0.29) is 0 Å². The van der Waals surface area contributed by atoms with Gasteiger partial charge in [0, 0.05) is 23.1 Å². The van der Waals surface area contributed by atoms with Crippen molar-refractivity contribution in [3.63, 3.8) is 0 Å². The van der Waals surface area contributed by atoms with E-state index in [4.69, 9.17) is 16.0 Å². The Bertz CT molecular complexity index is 456. The minimum Gasteiger partial charge on any atom is -0.472 e. The maximum atomic E-state index is 6.00. The zero-order valence-electron chi connectivity index (χ0n) is 8.54. The molecular formula is C12H11BrClNO. The molecule has 0 fully saturated rings. The third-order valence-electron chi connectivity index (χ3n) is 2.22. The molecule has 2 nitrogen and oxygen atoms in total. The number of nitrogens with one attached hydrogen (secondary N) is 1. The molecule has 0 spiro atoms. The molecule has 0 saturated carbocycles. The van der Waals surface area contributed by atoms with E-state index in [1.165, 1.54) is 0 Å². The SMILES string of the molecule is Clc1cc(CNCc2ccoc2)ccc1Br. The van der Waals surface area contributed by atoms with Crippen LogP contribution in [0.4, 0.5) is 0 Å². The van der Waals surface area contributed by atoms with Crippen LogP contribution in [0.3, 0.4) is 0 Å². The highest BCUT2D eigenvalue weighted by atomic mass is 79.9. The Morgan fingerprint density at radius 3 is 2.69 bits per heavy atom. The second kappa shape index (κ2) is 5.53. The second-order valence-corrected chi connectivity index (χ2v) is 4.75. The molecule has 1 N–H and O–H groups in total. The standard InChI is InChI=1S/C12H11BrClNO/c13-11-2-1-9(5-12(11)14)6-15-7-10-3-4-16-8-10/h1-5,8,15H,6-7H2. The number of benzene rings is 1. The van der Waals surface area contributed by atoms with E-state index in [1.807, 2.05) is 24.3 Å². The first-order valence-corrected chi connectivity index (χ1v) is 6.08. The first-order valence-electron chi connectivity index (χ1n) is 4.91. The minimum absolute atomic E-state index is 0.739. The van der Waals surface area contributed by atoms with E-state index in [0.717, 1.165) is 33.7 Å². The van der Waals surface area contributed by atoms with Gasteiger partial charge in [0.1, 0.15) is 0 Å². The van der Waals surface area contributed by atoms with Gasteiger partial charge in [0.2, 0.25) is 0 Å². The van der Waals surface area contributed by atoms with E-state index in [2.05, 4.69) is 21.2 Å². The highest BCUT2D eigenvalue weighted by Crippen LogP contribution is 2.23. The fourth-order valence-electron chi connectivity index (χ4n) is 1.39. The van der Waals surface area contributed by atoms with Crippen LogP contribution in [0.1, 0.15) is 11.1 Å². The van der Waals surface area contributed by atoms with Crippen LogP contribution in [0.2, 0.25) is 5.02 Å². The van der Waals surface area contributed by atoms with Crippen LogP contribution in [-0.2, 0) is 13.1 Å². The molecule has 4 heteroatoms. The lowest BCUT2D eigenvalue weighted by Gasteiger charge is -2.04. The van der Waals surface area contributed by atoms with Gasteiger partial charge >= 0.3 is 0 Å². The van der Waals surface area contributed by atoms with Crippen molar-refractivity contribution < 1.29 is 4.42 Å². The van der Waals surface area contributed by atoms with Crippen LogP contribution in [0.25, 0.3) is 0 Å². The fraction of sp³-hybridized carbons (Fsp3) is 0.167. The van der Waals surface area contributed by atoms with Crippen molar-refractivity contribution in [3.05, 3.63) is 57.4 Å². The van der Waals surface area contributed by atoms with Crippen LogP contribution in [0, 0.1) is 0 Å². The Morgan fingerprint density at radius 1 is 1.19 bits per heavy atom. The Labute approximate surface area is 108 Å². The highest BCUT2D eigenvalue weighted by Gasteiger charge is 1.99. The zero-order chi connectivity index (χ0) is 11.4. The molecule has 0 atom stereocenters. The Kier molecular flexibility index (Phi) is 4.04. The number of furan rings is 1. The van der Waals surface area contributed by atoms with E-state index < -0.39 is 0 Å². The number of rotatable bonds is 4. The molecule has 1 aromatic heterocycles. The maximum absolute atomic E-state index is 6.00. The monoisotopic (exact) mass is 299 g/mol. The van der Waals surface area contributed by atoms with Gasteiger partial charge in [-0.25, -0.2) is 0 Å². The van der Waals surface area contributed by atoms with Gasteiger partial charge in [-0.3, -0.25) is 0 Å². The van der Waals surface area contributed by atoms with E-state index >= 15 is 0 Å². The molecule has 2 aromatic rings. The smallest absolute Gasteiger partial charge is 0.0947 e. The summed E-state index contributed by atoms with van der Waals surface area (Å²) in [4.78, 5) is 0. The summed E-state index contributed by atoms with van der Waals surface area (Å²) in [7, 11) is 0. The van der Waals surface area contributed by atoms with Gasteiger partial charge in [-0.2, -0.15) is 0 Å². The lowest BCUT2D eigenvalue weighted by Crippen LogP contribution is -2.11. The lowest BCUT2D eigenvalue weighted by molar-refractivity contribution is 0.560. The Morgan fingerprint density at radius 2 is 2.00 bits per heavy atom. The van der Waals surface area contributed by atoms with Crippen LogP contribution >= 0.6 is 27.5 Å². The van der Waals surface area contributed by atoms with Crippen molar-refractivity contribution in [1.29, 1.82) is 0 Å². The molecule has 0 aliphatic rings. The molecule has 1 heterocycles. The predicted octanol–water partition coefficient (Wildman–Crippen LogP) is 3.99. The zero-order valence-corrected chi connectivity index (χ0v) is 10.9. The van der Waals surface area contributed by atoms with Crippen molar-refractivity contribution in [3.8, 4) is 0 Å². The molecule has 0 radical (unpaired) electrons. The second-order valence-electron chi connectivity index (χ2n) is 3.48. The Hall–Kier alpha value is -0.770. The van der Waals surface area contributed by atoms with Gasteiger partial charge in [0.05, 0.1) is 17.5 Å². The van der Waals surface area contributed by atoms with Crippen molar-refractivity contribution in [2.75, 3.05) is 0 Å². The van der Waals surface area contributed by atoms with Gasteiger partial charge in [-0.15, -0.1) is 0 Å². The summed E-state index contributed by atoms with van der Waals surface area (Å²) in [6.07, 6.45) is 3.41. The highest BCUT2D eigenvalue weighted by molar-refractivity contribution is 9.10. The molecule has 0 unspecified atom stereocenters. The third-order valence-corrected chi connectivity index (χ3v) is 3.45. The van der Waals surface area contributed by atoms with E-state index in [9.17, 15) is 0 Å². The van der Waals surface area contributed by atoms with Crippen molar-refractivity contribution in [2.45, 2.75) is 13.1 Å². The van der Waals surface area contributed by atoms with Gasteiger partial charge in [0.25, 0.3) is 0 Å². The molecule has 0 aliphatic carbocycles. The predicted molar refractivity (Wildman–Crippen MR) is 68.4 cm³/mol. The number of hydrogen-bond donors (Lipinski definition) is 1. The molecule has 0 saturated heterocycles. The van der Waals surface area contributed by atoms with Crippen LogP contribution in [-0.4, -0.2) is 0 Å². The molecule has 16 heavy (non-hydrogen) atoms. The molecule has 84 valence electrons. The largest absolute Gasteiger partial charge is 0.472 e.